The number of rotatable bonds is 39. The molecule has 0 fully saturated rings. The van der Waals surface area contributed by atoms with Gasteiger partial charge in [-0.25, -0.2) is 34.5 Å². The van der Waals surface area contributed by atoms with E-state index in [4.69, 9.17) is 54.8 Å². The SMILES string of the molecule is CC(C)COc1cc(C(=O)Nc2cccc3c(OCCCN)cc(C(=O)Nc4ccc(CCCC(=O)O)c5ccc(C(=O)O)nc45)nc23)nc2c(NC(=O)c3cc(O)c4cccc(NC(=O)c5cc(OCCCN)c6cccc(NC(=O)NCCOCCOCCOCCNC(=O)CCS)c6n5)c4n3)cccc12. The molecule has 0 aliphatic carbocycles. The summed E-state index contributed by atoms with van der Waals surface area (Å²) in [5, 5.41) is 52.3. The number of aromatic nitrogens is 5. The van der Waals surface area contributed by atoms with Crippen LogP contribution < -0.4 is 62.9 Å². The zero-order chi connectivity index (χ0) is 76.6. The Kier molecular flexibility index (Phi) is 27.9. The van der Waals surface area contributed by atoms with E-state index in [1.54, 1.807) is 84.9 Å². The number of anilines is 5. The third-order valence-electron chi connectivity index (χ3n) is 16.4. The summed E-state index contributed by atoms with van der Waals surface area (Å²) in [7, 11) is 0. The zero-order valence-corrected chi connectivity index (χ0v) is 60.1. The van der Waals surface area contributed by atoms with Crippen molar-refractivity contribution in [1.29, 1.82) is 0 Å². The monoisotopic (exact) mass is 1490 g/mol. The van der Waals surface area contributed by atoms with E-state index in [-0.39, 0.29) is 177 Å². The number of para-hydroxylation sites is 4. The number of amides is 7. The number of thiol groups is 1. The quantitative estimate of drug-likeness (QED) is 0.0126. The van der Waals surface area contributed by atoms with Crippen LogP contribution in [0.2, 0.25) is 0 Å². The molecule has 5 aromatic carbocycles. The number of nitrogens with zero attached hydrogens (tertiary/aromatic N) is 5. The van der Waals surface area contributed by atoms with Crippen molar-refractivity contribution in [1.82, 2.24) is 35.6 Å². The molecule has 10 rings (SSSR count). The molecule has 0 unspecified atom stereocenters. The van der Waals surface area contributed by atoms with Crippen LogP contribution in [0.5, 0.6) is 23.0 Å². The largest absolute Gasteiger partial charge is 0.507 e. The first-order valence-corrected chi connectivity index (χ1v) is 35.5. The molecule has 0 aliphatic rings. The number of nitrogens with one attached hydrogen (secondary N) is 7. The molecule has 5 heterocycles. The summed E-state index contributed by atoms with van der Waals surface area (Å²) in [5.74, 6) is -4.63. The van der Waals surface area contributed by atoms with Crippen molar-refractivity contribution in [2.75, 3.05) is 118 Å². The Balaban J connectivity index is 0.872. The Morgan fingerprint density at radius 3 is 1.32 bits per heavy atom. The number of fused-ring (bicyclic) bond motifs is 5. The number of hydrogen-bond acceptors (Lipinski definition) is 23. The van der Waals surface area contributed by atoms with Crippen molar-refractivity contribution < 1.29 is 82.1 Å². The van der Waals surface area contributed by atoms with Crippen LogP contribution in [0.3, 0.4) is 0 Å². The van der Waals surface area contributed by atoms with Gasteiger partial charge in [0.25, 0.3) is 23.6 Å². The Bertz CT molecular complexity index is 4990. The molecule has 10 aromatic rings. The molecule has 0 atom stereocenters. The summed E-state index contributed by atoms with van der Waals surface area (Å²) in [6.45, 7) is 7.31. The second-order valence-electron chi connectivity index (χ2n) is 24.8. The Labute approximate surface area is 624 Å². The number of carbonyl (C=O) groups is 8. The lowest BCUT2D eigenvalue weighted by molar-refractivity contribution is -0.137. The van der Waals surface area contributed by atoms with Gasteiger partial charge >= 0.3 is 18.0 Å². The summed E-state index contributed by atoms with van der Waals surface area (Å²) in [6.07, 6.45) is 1.78. The normalized spacial score (nSPS) is 11.2. The highest BCUT2D eigenvalue weighted by Gasteiger charge is 2.25. The van der Waals surface area contributed by atoms with Gasteiger partial charge in [0, 0.05) is 77.1 Å². The van der Waals surface area contributed by atoms with E-state index in [0.717, 1.165) is 6.07 Å². The Morgan fingerprint density at radius 2 is 0.861 bits per heavy atom. The van der Waals surface area contributed by atoms with Gasteiger partial charge in [-0.15, -0.1) is 0 Å². The van der Waals surface area contributed by atoms with Crippen molar-refractivity contribution in [3.05, 3.63) is 155 Å². The fourth-order valence-electron chi connectivity index (χ4n) is 11.2. The molecular formula is C76H82N14O17S. The van der Waals surface area contributed by atoms with Gasteiger partial charge in [-0.2, -0.15) is 12.6 Å². The molecule has 0 spiro atoms. The molecule has 564 valence electrons. The summed E-state index contributed by atoms with van der Waals surface area (Å²) < 4.78 is 35.2. The highest BCUT2D eigenvalue weighted by Crippen LogP contribution is 2.37. The number of carbonyl (C=O) groups excluding carboxylic acids is 6. The number of pyridine rings is 5. The molecule has 31 nitrogen and oxygen atoms in total. The number of hydrogen-bond donors (Lipinski definition) is 13. The maximum Gasteiger partial charge on any atom is 0.354 e. The van der Waals surface area contributed by atoms with Crippen LogP contribution >= 0.6 is 12.6 Å². The number of benzene rings is 5. The molecular weight excluding hydrogens is 1410 g/mol. The third-order valence-corrected chi connectivity index (χ3v) is 16.6. The maximum atomic E-state index is 14.8. The van der Waals surface area contributed by atoms with Gasteiger partial charge in [-0.3, -0.25) is 28.8 Å². The van der Waals surface area contributed by atoms with E-state index in [9.17, 15) is 53.7 Å². The van der Waals surface area contributed by atoms with Crippen LogP contribution in [0, 0.1) is 5.92 Å². The molecule has 108 heavy (non-hydrogen) atoms. The number of nitrogens with two attached hydrogens (primary N) is 2. The van der Waals surface area contributed by atoms with Gasteiger partial charge in [0.05, 0.1) is 115 Å². The van der Waals surface area contributed by atoms with Crippen LogP contribution in [0.15, 0.2) is 121 Å². The van der Waals surface area contributed by atoms with E-state index < -0.39 is 41.6 Å². The standard InChI is InChI=1S/C76H82N14O17S/c1-43(2)42-107-63-41-59(73(97)88-51-16-5-12-47-61(105-29-8-25-77)40-58(83-68(47)51)74(98)89-54-22-20-44(10-3-19-65(93)94)45-21-23-55(75(99)100)81-66(45)54)84-69-49(63)14-6-17-52(69)87-71(95)56-38-60(91)46-11-4-15-50(67(46)82-56)86-72(96)57-39-62(106-30-9-26-78)48-13-7-18-53(70(48)85-57)90-76(101)80-28-32-103-34-36-104-35-33-102-31-27-79-64(92)24-37-108/h4-7,11-18,20-23,38-41,43,108H,3,8-10,19,24-37,42,77-78H2,1-2H3,(H,79,92)(H,82,91)(H,86,96)(H,87,95)(H,88,97)(H,89,98)(H,93,94)(H,99,100)(H2,80,90,101). The Morgan fingerprint density at radius 1 is 0.444 bits per heavy atom. The fraction of sp³-hybridized carbons (Fsp3) is 0.303. The van der Waals surface area contributed by atoms with Crippen molar-refractivity contribution in [3.63, 3.8) is 0 Å². The number of carboxylic acid groups (broad SMARTS) is 2. The molecule has 0 radical (unpaired) electrons. The molecule has 0 aliphatic heterocycles. The van der Waals surface area contributed by atoms with Gasteiger partial charge in [0.1, 0.15) is 51.5 Å². The summed E-state index contributed by atoms with van der Waals surface area (Å²) in [6, 6.07) is 30.5. The first-order valence-electron chi connectivity index (χ1n) is 34.8. The van der Waals surface area contributed by atoms with Gasteiger partial charge in [0.2, 0.25) is 5.91 Å². The van der Waals surface area contributed by atoms with E-state index >= 15 is 0 Å². The van der Waals surface area contributed by atoms with Gasteiger partial charge in [-0.1, -0.05) is 50.2 Å². The third kappa shape index (κ3) is 20.8. The summed E-state index contributed by atoms with van der Waals surface area (Å²) in [5.41, 5.74) is 12.6. The average Bonchev–Trinajstić information content (AvgIpc) is 0.778. The van der Waals surface area contributed by atoms with Crippen molar-refractivity contribution in [3.8, 4) is 23.0 Å². The van der Waals surface area contributed by atoms with Gasteiger partial charge in [0.15, 0.2) is 0 Å². The first kappa shape index (κ1) is 78.6. The molecule has 5 aromatic heterocycles. The lowest BCUT2D eigenvalue weighted by Gasteiger charge is -2.17. The van der Waals surface area contributed by atoms with E-state index in [0.29, 0.717) is 104 Å². The summed E-state index contributed by atoms with van der Waals surface area (Å²) in [4.78, 5) is 130. The van der Waals surface area contributed by atoms with Gasteiger partial charge in [-0.05, 0) is 117 Å². The second-order valence-corrected chi connectivity index (χ2v) is 25.3. The molecule has 0 bridgehead atoms. The molecule has 14 N–H and O–H groups in total. The number of ether oxygens (including phenoxy) is 6. The van der Waals surface area contributed by atoms with Crippen LogP contribution in [0.25, 0.3) is 54.5 Å². The van der Waals surface area contributed by atoms with Crippen molar-refractivity contribution in [2.24, 2.45) is 17.4 Å². The fourth-order valence-corrected chi connectivity index (χ4v) is 11.4. The van der Waals surface area contributed by atoms with Crippen LogP contribution in [-0.4, -0.2) is 179 Å². The molecule has 32 heteroatoms. The predicted molar refractivity (Wildman–Crippen MR) is 409 cm³/mol. The van der Waals surface area contributed by atoms with Gasteiger partial charge < -0.3 is 92.4 Å². The highest BCUT2D eigenvalue weighted by atomic mass is 32.1. The van der Waals surface area contributed by atoms with E-state index in [1.807, 2.05) is 13.8 Å². The van der Waals surface area contributed by atoms with Crippen LogP contribution in [0.4, 0.5) is 33.2 Å². The number of carboxylic acids is 2. The number of aliphatic carboxylic acids is 1. The minimum absolute atomic E-state index is 0.0145. The molecule has 7 amide bonds. The van der Waals surface area contributed by atoms with Crippen molar-refractivity contribution >= 4 is 143 Å². The number of aryl methyl sites for hydroxylation is 1. The number of aromatic hydroxyl groups is 1. The number of aromatic carboxylic acids is 1. The van der Waals surface area contributed by atoms with Crippen LogP contribution in [-0.2, 0) is 30.2 Å². The van der Waals surface area contributed by atoms with Crippen molar-refractivity contribution in [2.45, 2.75) is 52.4 Å². The predicted octanol–water partition coefficient (Wildman–Crippen LogP) is 9.35. The number of urea groups is 1. The lowest BCUT2D eigenvalue weighted by Crippen LogP contribution is -2.32. The lowest BCUT2D eigenvalue weighted by atomic mass is 10.0. The average molecular weight is 1500 g/mol. The molecule has 0 saturated carbocycles. The highest BCUT2D eigenvalue weighted by molar-refractivity contribution is 7.80. The summed E-state index contributed by atoms with van der Waals surface area (Å²) >= 11 is 4.04. The first-order chi connectivity index (χ1) is 52.3. The molecule has 0 saturated heterocycles. The maximum absolute atomic E-state index is 14.8. The zero-order valence-electron chi connectivity index (χ0n) is 59.2. The van der Waals surface area contributed by atoms with E-state index in [2.05, 4.69) is 59.8 Å². The minimum atomic E-state index is -1.31. The van der Waals surface area contributed by atoms with E-state index in [1.165, 1.54) is 30.3 Å². The topological polar surface area (TPSA) is 453 Å². The smallest absolute Gasteiger partial charge is 0.354 e. The minimum Gasteiger partial charge on any atom is -0.507 e. The van der Waals surface area contributed by atoms with Crippen LogP contribution in [0.1, 0.15) is 104 Å². The Hall–Kier alpha value is -11.9. The second kappa shape index (κ2) is 38.4.